The number of rotatable bonds is 7. The minimum atomic E-state index is 0.292. The van der Waals surface area contributed by atoms with Gasteiger partial charge in [-0.15, -0.1) is 0 Å². The molecule has 16 heavy (non-hydrogen) atoms. The molecule has 0 aliphatic rings. The summed E-state index contributed by atoms with van der Waals surface area (Å²) in [6.07, 6.45) is 4.21. The summed E-state index contributed by atoms with van der Waals surface area (Å²) in [5.74, 6) is 0. The summed E-state index contributed by atoms with van der Waals surface area (Å²) >= 11 is 11.7. The van der Waals surface area contributed by atoms with Crippen molar-refractivity contribution in [3.05, 3.63) is 28.2 Å². The predicted molar refractivity (Wildman–Crippen MR) is 70.5 cm³/mol. The summed E-state index contributed by atoms with van der Waals surface area (Å²) in [7, 11) is 0. The molecule has 0 heterocycles. The first-order valence-corrected chi connectivity index (χ1v) is 6.29. The van der Waals surface area contributed by atoms with Gasteiger partial charge in [-0.05, 0) is 31.0 Å². The quantitative estimate of drug-likeness (QED) is 0.729. The Hall–Kier alpha value is -0.440. The SMILES string of the molecule is OCCCCCCNc1ccc(Cl)c(Cl)c1. The average Bonchev–Trinajstić information content (AvgIpc) is 2.28. The Kier molecular flexibility index (Phi) is 6.62. The zero-order valence-electron chi connectivity index (χ0n) is 9.18. The first kappa shape index (κ1) is 13.6. The number of hydrogen-bond acceptors (Lipinski definition) is 2. The van der Waals surface area contributed by atoms with E-state index in [-0.39, 0.29) is 0 Å². The number of unbranched alkanes of at least 4 members (excludes halogenated alkanes) is 3. The van der Waals surface area contributed by atoms with Gasteiger partial charge in [0.05, 0.1) is 10.0 Å². The molecule has 0 aliphatic heterocycles. The molecule has 0 radical (unpaired) electrons. The molecule has 0 bridgehead atoms. The summed E-state index contributed by atoms with van der Waals surface area (Å²) in [6, 6.07) is 5.54. The van der Waals surface area contributed by atoms with Crippen molar-refractivity contribution in [3.8, 4) is 0 Å². The van der Waals surface area contributed by atoms with Crippen LogP contribution in [0.5, 0.6) is 0 Å². The highest BCUT2D eigenvalue weighted by Crippen LogP contribution is 2.24. The predicted octanol–water partition coefficient (Wildman–Crippen LogP) is 3.96. The molecule has 0 atom stereocenters. The number of aliphatic hydroxyl groups is 1. The molecule has 0 amide bonds. The third-order valence-electron chi connectivity index (χ3n) is 2.33. The van der Waals surface area contributed by atoms with Crippen LogP contribution in [0, 0.1) is 0 Å². The molecular formula is C12H17Cl2NO. The van der Waals surface area contributed by atoms with Crippen LogP contribution in [-0.2, 0) is 0 Å². The summed E-state index contributed by atoms with van der Waals surface area (Å²) in [5, 5.41) is 13.1. The number of nitrogens with one attached hydrogen (secondary N) is 1. The summed E-state index contributed by atoms with van der Waals surface area (Å²) in [5.41, 5.74) is 0.997. The van der Waals surface area contributed by atoms with Gasteiger partial charge in [-0.1, -0.05) is 36.0 Å². The van der Waals surface area contributed by atoms with Crippen molar-refractivity contribution >= 4 is 28.9 Å². The molecule has 90 valence electrons. The van der Waals surface area contributed by atoms with Crippen LogP contribution < -0.4 is 5.32 Å². The molecule has 1 rings (SSSR count). The van der Waals surface area contributed by atoms with Gasteiger partial charge in [-0.2, -0.15) is 0 Å². The van der Waals surface area contributed by atoms with Crippen LogP contribution in [0.15, 0.2) is 18.2 Å². The van der Waals surface area contributed by atoms with Crippen molar-refractivity contribution in [3.63, 3.8) is 0 Å². The fourth-order valence-electron chi connectivity index (χ4n) is 1.43. The maximum absolute atomic E-state index is 8.61. The van der Waals surface area contributed by atoms with Gasteiger partial charge in [0.2, 0.25) is 0 Å². The fraction of sp³-hybridized carbons (Fsp3) is 0.500. The highest BCUT2D eigenvalue weighted by atomic mass is 35.5. The molecular weight excluding hydrogens is 245 g/mol. The van der Waals surface area contributed by atoms with Crippen molar-refractivity contribution in [2.45, 2.75) is 25.7 Å². The Morgan fingerprint density at radius 2 is 1.75 bits per heavy atom. The van der Waals surface area contributed by atoms with Crippen molar-refractivity contribution in [1.29, 1.82) is 0 Å². The Bertz CT molecular complexity index is 318. The topological polar surface area (TPSA) is 32.3 Å². The highest BCUT2D eigenvalue weighted by Gasteiger charge is 1.98. The van der Waals surface area contributed by atoms with Gasteiger partial charge in [0, 0.05) is 18.8 Å². The van der Waals surface area contributed by atoms with E-state index in [0.29, 0.717) is 16.7 Å². The second kappa shape index (κ2) is 7.77. The highest BCUT2D eigenvalue weighted by molar-refractivity contribution is 6.42. The van der Waals surface area contributed by atoms with E-state index < -0.39 is 0 Å². The standard InChI is InChI=1S/C12H17Cl2NO/c13-11-6-5-10(9-12(11)14)15-7-3-1-2-4-8-16/h5-6,9,15-16H,1-4,7-8H2. The van der Waals surface area contributed by atoms with E-state index in [0.717, 1.165) is 37.9 Å². The lowest BCUT2D eigenvalue weighted by atomic mass is 10.2. The molecule has 1 aromatic rings. The third kappa shape index (κ3) is 5.06. The lowest BCUT2D eigenvalue weighted by Crippen LogP contribution is -2.01. The minimum Gasteiger partial charge on any atom is -0.396 e. The van der Waals surface area contributed by atoms with Crippen molar-refractivity contribution in [2.75, 3.05) is 18.5 Å². The van der Waals surface area contributed by atoms with Crippen molar-refractivity contribution in [1.82, 2.24) is 0 Å². The van der Waals surface area contributed by atoms with Gasteiger partial charge in [0.1, 0.15) is 0 Å². The van der Waals surface area contributed by atoms with Crippen LogP contribution in [0.4, 0.5) is 5.69 Å². The second-order valence-electron chi connectivity index (χ2n) is 3.69. The van der Waals surface area contributed by atoms with E-state index in [1.165, 1.54) is 0 Å². The largest absolute Gasteiger partial charge is 0.396 e. The van der Waals surface area contributed by atoms with Crippen molar-refractivity contribution in [2.24, 2.45) is 0 Å². The summed E-state index contributed by atoms with van der Waals surface area (Å²) in [6.45, 7) is 1.21. The molecule has 0 aliphatic carbocycles. The Morgan fingerprint density at radius 3 is 2.44 bits per heavy atom. The van der Waals surface area contributed by atoms with Gasteiger partial charge < -0.3 is 10.4 Å². The van der Waals surface area contributed by atoms with Gasteiger partial charge in [0.25, 0.3) is 0 Å². The van der Waals surface area contributed by atoms with E-state index in [1.54, 1.807) is 6.07 Å². The van der Waals surface area contributed by atoms with E-state index in [2.05, 4.69) is 5.32 Å². The Balaban J connectivity index is 2.19. The molecule has 0 fully saturated rings. The number of anilines is 1. The molecule has 1 aromatic carbocycles. The first-order valence-electron chi connectivity index (χ1n) is 5.54. The van der Waals surface area contributed by atoms with Crippen LogP contribution in [0.1, 0.15) is 25.7 Å². The molecule has 0 saturated heterocycles. The zero-order chi connectivity index (χ0) is 11.8. The Morgan fingerprint density at radius 1 is 1.00 bits per heavy atom. The maximum Gasteiger partial charge on any atom is 0.0612 e. The number of halogens is 2. The van der Waals surface area contributed by atoms with E-state index >= 15 is 0 Å². The third-order valence-corrected chi connectivity index (χ3v) is 3.07. The van der Waals surface area contributed by atoms with Gasteiger partial charge in [-0.3, -0.25) is 0 Å². The average molecular weight is 262 g/mol. The number of benzene rings is 1. The van der Waals surface area contributed by atoms with E-state index in [4.69, 9.17) is 28.3 Å². The lowest BCUT2D eigenvalue weighted by molar-refractivity contribution is 0.283. The zero-order valence-corrected chi connectivity index (χ0v) is 10.7. The monoisotopic (exact) mass is 261 g/mol. The van der Waals surface area contributed by atoms with Gasteiger partial charge in [-0.25, -0.2) is 0 Å². The van der Waals surface area contributed by atoms with Crippen LogP contribution in [0.3, 0.4) is 0 Å². The summed E-state index contributed by atoms with van der Waals surface area (Å²) in [4.78, 5) is 0. The van der Waals surface area contributed by atoms with E-state index in [9.17, 15) is 0 Å². The lowest BCUT2D eigenvalue weighted by Gasteiger charge is -2.07. The van der Waals surface area contributed by atoms with Gasteiger partial charge >= 0.3 is 0 Å². The van der Waals surface area contributed by atoms with Crippen LogP contribution in [0.25, 0.3) is 0 Å². The minimum absolute atomic E-state index is 0.292. The van der Waals surface area contributed by atoms with Crippen LogP contribution >= 0.6 is 23.2 Å². The molecule has 0 unspecified atom stereocenters. The molecule has 0 saturated carbocycles. The van der Waals surface area contributed by atoms with E-state index in [1.807, 2.05) is 12.1 Å². The van der Waals surface area contributed by atoms with Crippen LogP contribution in [0.2, 0.25) is 10.0 Å². The molecule has 0 spiro atoms. The molecule has 2 nitrogen and oxygen atoms in total. The fourth-order valence-corrected chi connectivity index (χ4v) is 1.73. The molecule has 4 heteroatoms. The normalized spacial score (nSPS) is 10.4. The Labute approximate surface area is 107 Å². The van der Waals surface area contributed by atoms with Crippen molar-refractivity contribution < 1.29 is 5.11 Å². The summed E-state index contributed by atoms with van der Waals surface area (Å²) < 4.78 is 0. The molecule has 2 N–H and O–H groups in total. The first-order chi connectivity index (χ1) is 7.74. The van der Waals surface area contributed by atoms with Crippen LogP contribution in [-0.4, -0.2) is 18.3 Å². The van der Waals surface area contributed by atoms with Gasteiger partial charge in [0.15, 0.2) is 0 Å². The smallest absolute Gasteiger partial charge is 0.0612 e. The molecule has 0 aromatic heterocycles. The number of hydrogen-bond donors (Lipinski definition) is 2. The number of aliphatic hydroxyl groups excluding tert-OH is 1. The second-order valence-corrected chi connectivity index (χ2v) is 4.51. The maximum atomic E-state index is 8.61.